The Morgan fingerprint density at radius 2 is 2.47 bits per heavy atom. The van der Waals surface area contributed by atoms with Crippen molar-refractivity contribution in [2.45, 2.75) is 39.3 Å². The third-order valence-electron chi connectivity index (χ3n) is 3.30. The number of hydrogen-bond donors (Lipinski definition) is 2. The predicted molar refractivity (Wildman–Crippen MR) is 57.8 cm³/mol. The van der Waals surface area contributed by atoms with Crippen molar-refractivity contribution in [3.63, 3.8) is 0 Å². The van der Waals surface area contributed by atoms with Gasteiger partial charge in [0.15, 0.2) is 0 Å². The Kier molecular flexibility index (Phi) is 3.02. The number of nitrogens with zero attached hydrogens (tertiary/aromatic N) is 3. The molecule has 0 radical (unpaired) electrons. The highest BCUT2D eigenvalue weighted by Crippen LogP contribution is 2.41. The summed E-state index contributed by atoms with van der Waals surface area (Å²) in [6, 6.07) is 0.342. The molecule has 1 saturated carbocycles. The number of aryl methyl sites for hydroxylation is 1. The lowest BCUT2D eigenvalue weighted by molar-refractivity contribution is 0.434. The molecule has 0 bridgehead atoms. The first kappa shape index (κ1) is 10.6. The summed E-state index contributed by atoms with van der Waals surface area (Å²) in [6.45, 7) is 5.20. The molecule has 3 unspecified atom stereocenters. The van der Waals surface area contributed by atoms with Gasteiger partial charge < -0.3 is 0 Å². The molecule has 15 heavy (non-hydrogen) atoms. The van der Waals surface area contributed by atoms with Crippen LogP contribution in [-0.4, -0.2) is 20.8 Å². The van der Waals surface area contributed by atoms with E-state index in [0.717, 1.165) is 24.7 Å². The van der Waals surface area contributed by atoms with Crippen molar-refractivity contribution >= 4 is 0 Å². The summed E-state index contributed by atoms with van der Waals surface area (Å²) in [6.07, 6.45) is 3.76. The summed E-state index contributed by atoms with van der Waals surface area (Å²) in [7, 11) is 0. The van der Waals surface area contributed by atoms with Crippen LogP contribution in [0.25, 0.3) is 0 Å². The molecule has 5 nitrogen and oxygen atoms in total. The van der Waals surface area contributed by atoms with Crippen molar-refractivity contribution in [1.29, 1.82) is 0 Å². The van der Waals surface area contributed by atoms with E-state index in [-0.39, 0.29) is 0 Å². The molecular weight excluding hydrogens is 190 g/mol. The summed E-state index contributed by atoms with van der Waals surface area (Å²) in [4.78, 5) is 4.27. The average Bonchev–Trinajstić information content (AvgIpc) is 2.81. The van der Waals surface area contributed by atoms with E-state index in [9.17, 15) is 0 Å². The Hall–Kier alpha value is -0.940. The largest absolute Gasteiger partial charge is 0.271 e. The zero-order chi connectivity index (χ0) is 10.8. The van der Waals surface area contributed by atoms with Gasteiger partial charge in [-0.05, 0) is 25.2 Å². The standard InChI is InChI=1S/C10H19N5/c1-3-15-10(12-6-13-15)5-9(14-11)8-4-7(8)2/h6-9,14H,3-5,11H2,1-2H3. The Labute approximate surface area is 90.0 Å². The zero-order valence-electron chi connectivity index (χ0n) is 9.35. The highest BCUT2D eigenvalue weighted by atomic mass is 15.3. The van der Waals surface area contributed by atoms with E-state index < -0.39 is 0 Å². The first-order valence-electron chi connectivity index (χ1n) is 5.59. The maximum absolute atomic E-state index is 5.58. The van der Waals surface area contributed by atoms with Crippen LogP contribution in [-0.2, 0) is 13.0 Å². The molecule has 1 heterocycles. The molecule has 3 atom stereocenters. The van der Waals surface area contributed by atoms with Crippen LogP contribution in [0.2, 0.25) is 0 Å². The van der Waals surface area contributed by atoms with Crippen LogP contribution in [0.15, 0.2) is 6.33 Å². The van der Waals surface area contributed by atoms with Crippen molar-refractivity contribution in [3.8, 4) is 0 Å². The number of hydrazine groups is 1. The van der Waals surface area contributed by atoms with E-state index in [1.807, 2.05) is 4.68 Å². The molecule has 2 rings (SSSR count). The molecule has 1 aromatic heterocycles. The third-order valence-corrected chi connectivity index (χ3v) is 3.30. The van der Waals surface area contributed by atoms with Crippen LogP contribution >= 0.6 is 0 Å². The van der Waals surface area contributed by atoms with Gasteiger partial charge in [-0.1, -0.05) is 6.92 Å². The molecule has 1 fully saturated rings. The van der Waals surface area contributed by atoms with Crippen LogP contribution in [0.3, 0.4) is 0 Å². The van der Waals surface area contributed by atoms with E-state index in [0.29, 0.717) is 12.0 Å². The van der Waals surface area contributed by atoms with Gasteiger partial charge in [-0.3, -0.25) is 16.0 Å². The number of rotatable bonds is 5. The van der Waals surface area contributed by atoms with Gasteiger partial charge in [-0.15, -0.1) is 0 Å². The van der Waals surface area contributed by atoms with Gasteiger partial charge in [0.1, 0.15) is 12.2 Å². The van der Waals surface area contributed by atoms with Gasteiger partial charge in [0, 0.05) is 19.0 Å². The maximum Gasteiger partial charge on any atom is 0.138 e. The molecule has 0 amide bonds. The van der Waals surface area contributed by atoms with Gasteiger partial charge >= 0.3 is 0 Å². The number of nitrogens with one attached hydrogen (secondary N) is 1. The Morgan fingerprint density at radius 1 is 1.73 bits per heavy atom. The molecular formula is C10H19N5. The Balaban J connectivity index is 2.00. The Bertz CT molecular complexity index is 321. The van der Waals surface area contributed by atoms with E-state index in [1.165, 1.54) is 6.42 Å². The summed E-state index contributed by atoms with van der Waals surface area (Å²) >= 11 is 0. The summed E-state index contributed by atoms with van der Waals surface area (Å²) in [5.74, 6) is 8.10. The van der Waals surface area contributed by atoms with E-state index >= 15 is 0 Å². The first-order valence-corrected chi connectivity index (χ1v) is 5.59. The monoisotopic (exact) mass is 209 g/mol. The predicted octanol–water partition coefficient (Wildman–Crippen LogP) is 0.328. The SMILES string of the molecule is CCn1ncnc1CC(NN)C1CC1C. The fourth-order valence-electron chi connectivity index (χ4n) is 2.15. The summed E-state index contributed by atoms with van der Waals surface area (Å²) in [5, 5.41) is 4.16. The van der Waals surface area contributed by atoms with Crippen LogP contribution < -0.4 is 11.3 Å². The van der Waals surface area contributed by atoms with Gasteiger partial charge in [-0.2, -0.15) is 5.10 Å². The van der Waals surface area contributed by atoms with Crippen LogP contribution in [0.5, 0.6) is 0 Å². The second-order valence-corrected chi connectivity index (χ2v) is 4.35. The van der Waals surface area contributed by atoms with Crippen LogP contribution in [0, 0.1) is 11.8 Å². The minimum Gasteiger partial charge on any atom is -0.271 e. The number of nitrogens with two attached hydrogens (primary N) is 1. The fraction of sp³-hybridized carbons (Fsp3) is 0.800. The first-order chi connectivity index (χ1) is 7.26. The minimum absolute atomic E-state index is 0.342. The van der Waals surface area contributed by atoms with E-state index in [2.05, 4.69) is 29.4 Å². The molecule has 5 heteroatoms. The van der Waals surface area contributed by atoms with Gasteiger partial charge in [0.2, 0.25) is 0 Å². The zero-order valence-corrected chi connectivity index (χ0v) is 9.35. The molecule has 0 aliphatic heterocycles. The van der Waals surface area contributed by atoms with Crippen molar-refractivity contribution in [3.05, 3.63) is 12.2 Å². The molecule has 1 aliphatic rings. The molecule has 0 aromatic carbocycles. The topological polar surface area (TPSA) is 68.8 Å². The lowest BCUT2D eigenvalue weighted by atomic mass is 10.1. The van der Waals surface area contributed by atoms with E-state index in [4.69, 9.17) is 5.84 Å². The molecule has 3 N–H and O–H groups in total. The normalized spacial score (nSPS) is 26.6. The molecule has 1 aromatic rings. The van der Waals surface area contributed by atoms with E-state index in [1.54, 1.807) is 6.33 Å². The molecule has 0 saturated heterocycles. The summed E-state index contributed by atoms with van der Waals surface area (Å²) in [5.41, 5.74) is 2.90. The average molecular weight is 209 g/mol. The highest BCUT2D eigenvalue weighted by Gasteiger charge is 2.39. The smallest absolute Gasteiger partial charge is 0.138 e. The summed E-state index contributed by atoms with van der Waals surface area (Å²) < 4.78 is 1.93. The lowest BCUT2D eigenvalue weighted by Crippen LogP contribution is -2.39. The highest BCUT2D eigenvalue weighted by molar-refractivity contribution is 4.98. The number of hydrogen-bond acceptors (Lipinski definition) is 4. The van der Waals surface area contributed by atoms with Crippen molar-refractivity contribution < 1.29 is 0 Å². The van der Waals surface area contributed by atoms with Crippen molar-refractivity contribution in [2.75, 3.05) is 0 Å². The Morgan fingerprint density at radius 3 is 3.00 bits per heavy atom. The van der Waals surface area contributed by atoms with Gasteiger partial charge in [-0.25, -0.2) is 4.98 Å². The second kappa shape index (κ2) is 4.28. The molecule has 1 aliphatic carbocycles. The van der Waals surface area contributed by atoms with Crippen LogP contribution in [0.4, 0.5) is 0 Å². The van der Waals surface area contributed by atoms with Crippen LogP contribution in [0.1, 0.15) is 26.1 Å². The van der Waals surface area contributed by atoms with Crippen molar-refractivity contribution in [2.24, 2.45) is 17.7 Å². The van der Waals surface area contributed by atoms with Gasteiger partial charge in [0.25, 0.3) is 0 Å². The lowest BCUT2D eigenvalue weighted by Gasteiger charge is -2.15. The second-order valence-electron chi connectivity index (χ2n) is 4.35. The fourth-order valence-corrected chi connectivity index (χ4v) is 2.15. The minimum atomic E-state index is 0.342. The third kappa shape index (κ3) is 2.18. The molecule has 0 spiro atoms. The molecule has 84 valence electrons. The quantitative estimate of drug-likeness (QED) is 0.541. The maximum atomic E-state index is 5.58. The number of aromatic nitrogens is 3. The van der Waals surface area contributed by atoms with Crippen molar-refractivity contribution in [1.82, 2.24) is 20.2 Å². The van der Waals surface area contributed by atoms with Gasteiger partial charge in [0.05, 0.1) is 0 Å².